The molecule has 0 saturated heterocycles. The molecule has 0 amide bonds. The molecule has 0 aliphatic carbocycles. The van der Waals surface area contributed by atoms with Crippen molar-refractivity contribution in [3.8, 4) is 5.75 Å². The van der Waals surface area contributed by atoms with Crippen molar-refractivity contribution in [2.24, 2.45) is 5.41 Å². The summed E-state index contributed by atoms with van der Waals surface area (Å²) in [6.07, 6.45) is 3.17. The zero-order valence-electron chi connectivity index (χ0n) is 13.1. The summed E-state index contributed by atoms with van der Waals surface area (Å²) in [4.78, 5) is 13.5. The minimum absolute atomic E-state index is 0.177. The maximum atomic E-state index is 11.4. The summed E-state index contributed by atoms with van der Waals surface area (Å²) in [5.41, 5.74) is 2.66. The van der Waals surface area contributed by atoms with E-state index in [4.69, 9.17) is 4.74 Å². The van der Waals surface area contributed by atoms with Crippen molar-refractivity contribution in [2.75, 3.05) is 25.1 Å². The number of carboxylic acid groups (broad SMARTS) is 1. The summed E-state index contributed by atoms with van der Waals surface area (Å²) in [6.45, 7) is 8.20. The fraction of sp³-hybridized carbons (Fsp3) is 0.471. The summed E-state index contributed by atoms with van der Waals surface area (Å²) >= 11 is 0. The van der Waals surface area contributed by atoms with Crippen molar-refractivity contribution in [3.05, 3.63) is 35.4 Å². The molecule has 4 heteroatoms. The van der Waals surface area contributed by atoms with Gasteiger partial charge in [-0.05, 0) is 24.0 Å². The molecule has 1 aromatic carbocycles. The smallest absolute Gasteiger partial charge is 0.337 e. The Bertz CT molecular complexity index is 570. The Labute approximate surface area is 126 Å². The maximum Gasteiger partial charge on any atom is 0.337 e. The van der Waals surface area contributed by atoms with E-state index in [0.717, 1.165) is 25.2 Å². The zero-order chi connectivity index (χ0) is 15.6. The van der Waals surface area contributed by atoms with Crippen LogP contribution in [0.15, 0.2) is 29.8 Å². The number of benzene rings is 1. The number of hydrogen-bond donors (Lipinski definition) is 1. The van der Waals surface area contributed by atoms with Crippen LogP contribution in [0, 0.1) is 5.41 Å². The SMILES string of the molecule is COc1ccc(C(=O)O)c(N2CC=C(C(C)(C)C)CC2)c1. The molecule has 0 saturated carbocycles. The highest BCUT2D eigenvalue weighted by molar-refractivity contribution is 5.95. The number of hydrogen-bond acceptors (Lipinski definition) is 3. The highest BCUT2D eigenvalue weighted by Crippen LogP contribution is 2.33. The Kier molecular flexibility index (Phi) is 4.26. The predicted octanol–water partition coefficient (Wildman–Crippen LogP) is 3.58. The first-order valence-corrected chi connectivity index (χ1v) is 7.18. The Balaban J connectivity index is 2.31. The lowest BCUT2D eigenvalue weighted by Gasteiger charge is -2.34. The third-order valence-electron chi connectivity index (χ3n) is 3.95. The van der Waals surface area contributed by atoms with E-state index < -0.39 is 5.97 Å². The van der Waals surface area contributed by atoms with E-state index in [0.29, 0.717) is 11.3 Å². The van der Waals surface area contributed by atoms with Gasteiger partial charge >= 0.3 is 5.97 Å². The molecule has 0 unspecified atom stereocenters. The summed E-state index contributed by atoms with van der Waals surface area (Å²) in [5.74, 6) is -0.223. The first kappa shape index (κ1) is 15.4. The molecule has 0 aromatic heterocycles. The van der Waals surface area contributed by atoms with Crippen molar-refractivity contribution in [2.45, 2.75) is 27.2 Å². The van der Waals surface area contributed by atoms with Gasteiger partial charge in [-0.15, -0.1) is 0 Å². The molecule has 0 atom stereocenters. The first-order valence-electron chi connectivity index (χ1n) is 7.18. The van der Waals surface area contributed by atoms with Gasteiger partial charge in [0.25, 0.3) is 0 Å². The number of carboxylic acids is 1. The van der Waals surface area contributed by atoms with Crippen LogP contribution in [0.25, 0.3) is 0 Å². The van der Waals surface area contributed by atoms with Gasteiger partial charge in [0.05, 0.1) is 18.4 Å². The molecule has 1 aliphatic heterocycles. The van der Waals surface area contributed by atoms with Crippen LogP contribution >= 0.6 is 0 Å². The van der Waals surface area contributed by atoms with Crippen molar-refractivity contribution in [1.82, 2.24) is 0 Å². The molecule has 2 rings (SSSR count). The first-order chi connectivity index (χ1) is 9.82. The van der Waals surface area contributed by atoms with Gasteiger partial charge in [0, 0.05) is 19.2 Å². The largest absolute Gasteiger partial charge is 0.497 e. The normalized spacial score (nSPS) is 15.6. The molecule has 0 fully saturated rings. The molecule has 1 aromatic rings. The summed E-state index contributed by atoms with van der Waals surface area (Å²) in [7, 11) is 1.59. The average molecular weight is 289 g/mol. The summed E-state index contributed by atoms with van der Waals surface area (Å²) in [6, 6.07) is 5.10. The number of carbonyl (C=O) groups is 1. The van der Waals surface area contributed by atoms with Gasteiger partial charge in [-0.3, -0.25) is 0 Å². The minimum Gasteiger partial charge on any atom is -0.497 e. The van der Waals surface area contributed by atoms with Crippen molar-refractivity contribution >= 4 is 11.7 Å². The molecule has 1 heterocycles. The number of anilines is 1. The highest BCUT2D eigenvalue weighted by atomic mass is 16.5. The predicted molar refractivity (Wildman–Crippen MR) is 84.3 cm³/mol. The molecule has 4 nitrogen and oxygen atoms in total. The molecule has 0 spiro atoms. The monoisotopic (exact) mass is 289 g/mol. The summed E-state index contributed by atoms with van der Waals surface area (Å²) in [5, 5.41) is 9.36. The zero-order valence-corrected chi connectivity index (χ0v) is 13.1. The van der Waals surface area contributed by atoms with Crippen LogP contribution in [0.1, 0.15) is 37.6 Å². The molecule has 1 N–H and O–H groups in total. The molecule has 0 radical (unpaired) electrons. The standard InChI is InChI=1S/C17H23NO3/c1-17(2,3)12-7-9-18(10-8-12)15-11-13(21-4)5-6-14(15)16(19)20/h5-7,11H,8-10H2,1-4H3,(H,19,20). The molecule has 1 aliphatic rings. The van der Waals surface area contributed by atoms with Crippen molar-refractivity contribution < 1.29 is 14.6 Å². The van der Waals surface area contributed by atoms with E-state index in [-0.39, 0.29) is 5.41 Å². The van der Waals surface area contributed by atoms with Crippen LogP contribution in [-0.4, -0.2) is 31.3 Å². The van der Waals surface area contributed by atoms with Crippen LogP contribution in [0.4, 0.5) is 5.69 Å². The number of rotatable bonds is 3. The van der Waals surface area contributed by atoms with Crippen molar-refractivity contribution in [3.63, 3.8) is 0 Å². The number of nitrogens with zero attached hydrogens (tertiary/aromatic N) is 1. The van der Waals surface area contributed by atoms with Crippen LogP contribution < -0.4 is 9.64 Å². The number of methoxy groups -OCH3 is 1. The third-order valence-corrected chi connectivity index (χ3v) is 3.95. The average Bonchev–Trinajstić information content (AvgIpc) is 2.45. The Morgan fingerprint density at radius 3 is 2.52 bits per heavy atom. The molecular formula is C17H23NO3. The lowest BCUT2D eigenvalue weighted by atomic mass is 9.83. The van der Waals surface area contributed by atoms with Crippen LogP contribution in [0.5, 0.6) is 5.75 Å². The number of aromatic carboxylic acids is 1. The topological polar surface area (TPSA) is 49.8 Å². The molecule has 0 bridgehead atoms. The lowest BCUT2D eigenvalue weighted by molar-refractivity contribution is 0.0697. The molecule has 21 heavy (non-hydrogen) atoms. The molecule has 114 valence electrons. The lowest BCUT2D eigenvalue weighted by Crippen LogP contribution is -2.32. The third kappa shape index (κ3) is 3.38. The quantitative estimate of drug-likeness (QED) is 0.864. The second kappa shape index (κ2) is 5.80. The van der Waals surface area contributed by atoms with E-state index in [1.54, 1.807) is 25.3 Å². The Hall–Kier alpha value is -1.97. The second-order valence-corrected chi connectivity index (χ2v) is 6.36. The number of ether oxygens (including phenoxy) is 1. The Morgan fingerprint density at radius 1 is 1.33 bits per heavy atom. The van der Waals surface area contributed by atoms with E-state index in [1.165, 1.54) is 5.57 Å². The van der Waals surface area contributed by atoms with Gasteiger partial charge in [-0.2, -0.15) is 0 Å². The van der Waals surface area contributed by atoms with E-state index in [2.05, 4.69) is 31.7 Å². The van der Waals surface area contributed by atoms with E-state index in [1.807, 2.05) is 0 Å². The second-order valence-electron chi connectivity index (χ2n) is 6.36. The van der Waals surface area contributed by atoms with Gasteiger partial charge in [0.1, 0.15) is 5.75 Å². The highest BCUT2D eigenvalue weighted by Gasteiger charge is 2.23. The van der Waals surface area contributed by atoms with E-state index >= 15 is 0 Å². The Morgan fingerprint density at radius 2 is 2.05 bits per heavy atom. The minimum atomic E-state index is -0.904. The van der Waals surface area contributed by atoms with Gasteiger partial charge in [-0.1, -0.05) is 32.4 Å². The van der Waals surface area contributed by atoms with Crippen LogP contribution in [-0.2, 0) is 0 Å². The molecular weight excluding hydrogens is 266 g/mol. The van der Waals surface area contributed by atoms with E-state index in [9.17, 15) is 9.90 Å². The fourth-order valence-electron chi connectivity index (χ4n) is 2.65. The van der Waals surface area contributed by atoms with Gasteiger partial charge < -0.3 is 14.7 Å². The van der Waals surface area contributed by atoms with Crippen LogP contribution in [0.3, 0.4) is 0 Å². The van der Waals surface area contributed by atoms with Gasteiger partial charge in [-0.25, -0.2) is 4.79 Å². The fourth-order valence-corrected chi connectivity index (χ4v) is 2.65. The summed E-state index contributed by atoms with van der Waals surface area (Å²) < 4.78 is 5.22. The van der Waals surface area contributed by atoms with Gasteiger partial charge in [0.2, 0.25) is 0 Å². The van der Waals surface area contributed by atoms with Gasteiger partial charge in [0.15, 0.2) is 0 Å². The van der Waals surface area contributed by atoms with Crippen molar-refractivity contribution in [1.29, 1.82) is 0 Å². The van der Waals surface area contributed by atoms with Crippen LogP contribution in [0.2, 0.25) is 0 Å². The maximum absolute atomic E-state index is 11.4.